The zero-order valence-electron chi connectivity index (χ0n) is 18.2. The standard InChI is InChI=1S/C23H30N4O4/c1-3-30-20-8-4-18(5-9-20)14-27(19-6-7-19)15-22-24-21(16-31-22)23(29)26-12-10-25(11-13-26)17(2)28/h4-5,8-9,16,19H,3,6-7,10-15H2,1-2H3. The van der Waals surface area contributed by atoms with Crippen LogP contribution in [-0.4, -0.2) is 70.3 Å². The molecule has 0 unspecified atom stereocenters. The van der Waals surface area contributed by atoms with Crippen LogP contribution in [0.1, 0.15) is 48.6 Å². The molecule has 166 valence electrons. The number of carbonyl (C=O) groups excluding carboxylic acids is 2. The summed E-state index contributed by atoms with van der Waals surface area (Å²) in [6.45, 7) is 7.72. The monoisotopic (exact) mass is 426 g/mol. The van der Waals surface area contributed by atoms with Crippen molar-refractivity contribution in [2.75, 3.05) is 32.8 Å². The molecule has 0 spiro atoms. The molecule has 1 aromatic heterocycles. The molecule has 8 heteroatoms. The first-order chi connectivity index (χ1) is 15.0. The van der Waals surface area contributed by atoms with Gasteiger partial charge in [0, 0.05) is 45.7 Å². The molecule has 1 saturated heterocycles. The normalized spacial score (nSPS) is 16.6. The number of aromatic nitrogens is 1. The minimum Gasteiger partial charge on any atom is -0.494 e. The molecule has 2 amide bonds. The molecule has 2 fully saturated rings. The topological polar surface area (TPSA) is 79.1 Å². The Bertz CT molecular complexity index is 899. The first kappa shape index (κ1) is 21.4. The van der Waals surface area contributed by atoms with Crippen LogP contribution in [0.15, 0.2) is 34.9 Å². The Morgan fingerprint density at radius 1 is 1.10 bits per heavy atom. The Labute approximate surface area is 182 Å². The fourth-order valence-electron chi connectivity index (χ4n) is 3.89. The molecule has 8 nitrogen and oxygen atoms in total. The first-order valence-electron chi connectivity index (χ1n) is 11.0. The summed E-state index contributed by atoms with van der Waals surface area (Å²) in [4.78, 5) is 34.6. The maximum atomic E-state index is 12.8. The van der Waals surface area contributed by atoms with Gasteiger partial charge in [-0.05, 0) is 37.5 Å². The number of ether oxygens (including phenoxy) is 1. The van der Waals surface area contributed by atoms with Gasteiger partial charge in [0.05, 0.1) is 13.2 Å². The lowest BCUT2D eigenvalue weighted by Crippen LogP contribution is -2.50. The summed E-state index contributed by atoms with van der Waals surface area (Å²) < 4.78 is 11.2. The third-order valence-electron chi connectivity index (χ3n) is 5.80. The van der Waals surface area contributed by atoms with Crippen LogP contribution >= 0.6 is 0 Å². The van der Waals surface area contributed by atoms with E-state index in [1.165, 1.54) is 24.7 Å². The smallest absolute Gasteiger partial charge is 0.275 e. The molecule has 1 saturated carbocycles. The number of rotatable bonds is 8. The number of oxazole rings is 1. The van der Waals surface area contributed by atoms with Gasteiger partial charge in [-0.3, -0.25) is 14.5 Å². The number of hydrogen-bond donors (Lipinski definition) is 0. The van der Waals surface area contributed by atoms with Crippen molar-refractivity contribution in [3.05, 3.63) is 47.7 Å². The van der Waals surface area contributed by atoms with Crippen LogP contribution in [0.3, 0.4) is 0 Å². The van der Waals surface area contributed by atoms with Gasteiger partial charge >= 0.3 is 0 Å². The molecule has 1 aromatic carbocycles. The lowest BCUT2D eigenvalue weighted by Gasteiger charge is -2.33. The third kappa shape index (κ3) is 5.44. The fourth-order valence-corrected chi connectivity index (χ4v) is 3.89. The lowest BCUT2D eigenvalue weighted by molar-refractivity contribution is -0.130. The molecule has 31 heavy (non-hydrogen) atoms. The van der Waals surface area contributed by atoms with Gasteiger partial charge in [-0.25, -0.2) is 4.98 Å². The highest BCUT2D eigenvalue weighted by Gasteiger charge is 2.31. The minimum atomic E-state index is -0.136. The Morgan fingerprint density at radius 3 is 2.39 bits per heavy atom. The second kappa shape index (κ2) is 9.51. The fraction of sp³-hybridized carbons (Fsp3) is 0.522. The Balaban J connectivity index is 1.35. The molecule has 0 atom stereocenters. The third-order valence-corrected chi connectivity index (χ3v) is 5.80. The lowest BCUT2D eigenvalue weighted by atomic mass is 10.2. The zero-order chi connectivity index (χ0) is 21.8. The molecular weight excluding hydrogens is 396 g/mol. The number of piperazine rings is 1. The second-order valence-corrected chi connectivity index (χ2v) is 8.14. The van der Waals surface area contributed by atoms with Gasteiger partial charge in [-0.1, -0.05) is 12.1 Å². The molecule has 0 bridgehead atoms. The van der Waals surface area contributed by atoms with E-state index in [4.69, 9.17) is 9.15 Å². The zero-order valence-corrected chi connectivity index (χ0v) is 18.2. The van der Waals surface area contributed by atoms with Gasteiger partial charge in [0.2, 0.25) is 11.8 Å². The van der Waals surface area contributed by atoms with Crippen molar-refractivity contribution in [2.24, 2.45) is 0 Å². The Morgan fingerprint density at radius 2 is 1.77 bits per heavy atom. The van der Waals surface area contributed by atoms with Gasteiger partial charge in [-0.2, -0.15) is 0 Å². The highest BCUT2D eigenvalue weighted by Crippen LogP contribution is 2.30. The first-order valence-corrected chi connectivity index (χ1v) is 11.0. The SMILES string of the molecule is CCOc1ccc(CN(Cc2nc(C(=O)N3CCN(C(C)=O)CC3)co2)C2CC2)cc1. The summed E-state index contributed by atoms with van der Waals surface area (Å²) in [7, 11) is 0. The second-order valence-electron chi connectivity index (χ2n) is 8.14. The summed E-state index contributed by atoms with van der Waals surface area (Å²) >= 11 is 0. The van der Waals surface area contributed by atoms with Crippen molar-refractivity contribution >= 4 is 11.8 Å². The molecule has 1 aliphatic carbocycles. The van der Waals surface area contributed by atoms with Gasteiger partial charge < -0.3 is 19.0 Å². The van der Waals surface area contributed by atoms with Crippen LogP contribution in [0.5, 0.6) is 5.75 Å². The van der Waals surface area contributed by atoms with Crippen molar-refractivity contribution in [3.8, 4) is 5.75 Å². The molecule has 2 aliphatic rings. The van der Waals surface area contributed by atoms with Crippen LogP contribution in [0.2, 0.25) is 0 Å². The van der Waals surface area contributed by atoms with Crippen molar-refractivity contribution < 1.29 is 18.7 Å². The number of nitrogens with zero attached hydrogens (tertiary/aromatic N) is 4. The van der Waals surface area contributed by atoms with E-state index in [9.17, 15) is 9.59 Å². The highest BCUT2D eigenvalue weighted by molar-refractivity contribution is 5.92. The summed E-state index contributed by atoms with van der Waals surface area (Å²) in [6, 6.07) is 8.70. The average Bonchev–Trinajstić information content (AvgIpc) is 3.53. The molecule has 0 N–H and O–H groups in total. The van der Waals surface area contributed by atoms with Crippen molar-refractivity contribution in [2.45, 2.75) is 45.8 Å². The summed E-state index contributed by atoms with van der Waals surface area (Å²) in [6.07, 6.45) is 3.80. The van der Waals surface area contributed by atoms with Crippen molar-refractivity contribution in [3.63, 3.8) is 0 Å². The van der Waals surface area contributed by atoms with Crippen LogP contribution in [-0.2, 0) is 17.9 Å². The van der Waals surface area contributed by atoms with E-state index in [0.717, 1.165) is 12.3 Å². The summed E-state index contributed by atoms with van der Waals surface area (Å²) in [5.74, 6) is 1.35. The van der Waals surface area contributed by atoms with Gasteiger partial charge in [0.25, 0.3) is 5.91 Å². The predicted octanol–water partition coefficient (Wildman–Crippen LogP) is 2.54. The summed E-state index contributed by atoms with van der Waals surface area (Å²) in [5, 5.41) is 0. The molecular formula is C23H30N4O4. The van der Waals surface area contributed by atoms with E-state index in [1.807, 2.05) is 19.1 Å². The van der Waals surface area contributed by atoms with E-state index < -0.39 is 0 Å². The van der Waals surface area contributed by atoms with E-state index in [2.05, 4.69) is 22.0 Å². The highest BCUT2D eigenvalue weighted by atomic mass is 16.5. The largest absolute Gasteiger partial charge is 0.494 e. The Kier molecular flexibility index (Phi) is 6.56. The van der Waals surface area contributed by atoms with Gasteiger partial charge in [-0.15, -0.1) is 0 Å². The van der Waals surface area contributed by atoms with E-state index in [-0.39, 0.29) is 11.8 Å². The maximum absolute atomic E-state index is 12.8. The van der Waals surface area contributed by atoms with E-state index >= 15 is 0 Å². The van der Waals surface area contributed by atoms with Crippen molar-refractivity contribution in [1.82, 2.24) is 19.7 Å². The van der Waals surface area contributed by atoms with Crippen LogP contribution < -0.4 is 4.74 Å². The summed E-state index contributed by atoms with van der Waals surface area (Å²) in [5.41, 5.74) is 1.55. The maximum Gasteiger partial charge on any atom is 0.275 e. The van der Waals surface area contributed by atoms with Crippen LogP contribution in [0, 0.1) is 0 Å². The molecule has 4 rings (SSSR count). The average molecular weight is 427 g/mol. The van der Waals surface area contributed by atoms with Gasteiger partial charge in [0.15, 0.2) is 5.69 Å². The predicted molar refractivity (Wildman–Crippen MR) is 115 cm³/mol. The quantitative estimate of drug-likeness (QED) is 0.646. The molecule has 1 aliphatic heterocycles. The van der Waals surface area contributed by atoms with Crippen LogP contribution in [0.4, 0.5) is 0 Å². The number of benzene rings is 1. The molecule has 0 radical (unpaired) electrons. The molecule has 2 aromatic rings. The van der Waals surface area contributed by atoms with E-state index in [1.54, 1.807) is 16.7 Å². The number of amides is 2. The molecule has 2 heterocycles. The van der Waals surface area contributed by atoms with Crippen LogP contribution in [0.25, 0.3) is 0 Å². The number of carbonyl (C=O) groups is 2. The Hall–Kier alpha value is -2.87. The number of hydrogen-bond acceptors (Lipinski definition) is 6. The van der Waals surface area contributed by atoms with E-state index in [0.29, 0.717) is 57.0 Å². The van der Waals surface area contributed by atoms with Gasteiger partial charge in [0.1, 0.15) is 12.0 Å². The minimum absolute atomic E-state index is 0.0449. The van der Waals surface area contributed by atoms with Crippen molar-refractivity contribution in [1.29, 1.82) is 0 Å².